The minimum Gasteiger partial charge on any atom is -0.494 e. The van der Waals surface area contributed by atoms with Gasteiger partial charge in [-0.05, 0) is 43.6 Å². The number of ether oxygens (including phenoxy) is 1. The van der Waals surface area contributed by atoms with E-state index in [-0.39, 0.29) is 17.5 Å². The van der Waals surface area contributed by atoms with Crippen LogP contribution in [0.2, 0.25) is 0 Å². The average Bonchev–Trinajstić information content (AvgIpc) is 2.38. The Kier molecular flexibility index (Phi) is 6.29. The molecule has 4 nitrogen and oxygen atoms in total. The number of carboxylic acids is 1. The van der Waals surface area contributed by atoms with Crippen molar-refractivity contribution < 1.29 is 19.0 Å². The molecule has 0 aliphatic carbocycles. The molecule has 0 bridgehead atoms. The largest absolute Gasteiger partial charge is 0.494 e. The zero-order valence-corrected chi connectivity index (χ0v) is 11.3. The first kappa shape index (κ1) is 15.4. The van der Waals surface area contributed by atoms with Gasteiger partial charge >= 0.3 is 5.97 Å². The van der Waals surface area contributed by atoms with Crippen LogP contribution in [0.25, 0.3) is 0 Å². The van der Waals surface area contributed by atoms with E-state index in [1.807, 2.05) is 6.07 Å². The van der Waals surface area contributed by atoms with Crippen LogP contribution in [0.3, 0.4) is 0 Å². The van der Waals surface area contributed by atoms with Crippen LogP contribution in [0.1, 0.15) is 18.9 Å². The molecular weight excluding hydrogens is 249 g/mol. The Morgan fingerprint density at radius 3 is 2.79 bits per heavy atom. The van der Waals surface area contributed by atoms with Crippen molar-refractivity contribution in [2.75, 3.05) is 20.2 Å². The maximum absolute atomic E-state index is 13.4. The number of benzene rings is 1. The summed E-state index contributed by atoms with van der Waals surface area (Å²) < 4.78 is 18.3. The zero-order chi connectivity index (χ0) is 14.3. The zero-order valence-electron chi connectivity index (χ0n) is 11.3. The molecule has 1 atom stereocenters. The molecule has 0 saturated heterocycles. The third-order valence-corrected chi connectivity index (χ3v) is 2.98. The minimum absolute atomic E-state index is 0.243. The number of hydrogen-bond donors (Lipinski definition) is 2. The second-order valence-corrected chi connectivity index (χ2v) is 4.50. The topological polar surface area (TPSA) is 58.6 Å². The van der Waals surface area contributed by atoms with E-state index >= 15 is 0 Å². The quantitative estimate of drug-likeness (QED) is 0.709. The second-order valence-electron chi connectivity index (χ2n) is 4.50. The predicted octanol–water partition coefficient (Wildman–Crippen LogP) is 2.08. The van der Waals surface area contributed by atoms with E-state index in [4.69, 9.17) is 9.84 Å². The molecule has 0 heterocycles. The van der Waals surface area contributed by atoms with Gasteiger partial charge in [-0.1, -0.05) is 13.0 Å². The number of hydrogen-bond acceptors (Lipinski definition) is 3. The maximum Gasteiger partial charge on any atom is 0.306 e. The second kappa shape index (κ2) is 7.74. The molecule has 0 spiro atoms. The van der Waals surface area contributed by atoms with Gasteiger partial charge in [0.2, 0.25) is 0 Å². The van der Waals surface area contributed by atoms with Gasteiger partial charge in [-0.15, -0.1) is 0 Å². The summed E-state index contributed by atoms with van der Waals surface area (Å²) in [6.07, 6.45) is 1.29. The fourth-order valence-electron chi connectivity index (χ4n) is 1.67. The Morgan fingerprint density at radius 2 is 2.21 bits per heavy atom. The molecule has 106 valence electrons. The Hall–Kier alpha value is -1.62. The Labute approximate surface area is 112 Å². The van der Waals surface area contributed by atoms with Gasteiger partial charge in [0, 0.05) is 0 Å². The standard InChI is InChI=1S/C14H20FNO3/c1-10(14(17)18)5-7-16-8-6-11-3-4-13(19-2)12(15)9-11/h3-4,9-10,16H,5-8H2,1-2H3,(H,17,18). The first-order valence-electron chi connectivity index (χ1n) is 6.30. The van der Waals surface area contributed by atoms with E-state index in [0.29, 0.717) is 25.9 Å². The lowest BCUT2D eigenvalue weighted by atomic mass is 10.1. The summed E-state index contributed by atoms with van der Waals surface area (Å²) in [5.41, 5.74) is 0.886. The van der Waals surface area contributed by atoms with E-state index in [1.165, 1.54) is 13.2 Å². The summed E-state index contributed by atoms with van der Waals surface area (Å²) in [6, 6.07) is 4.89. The van der Waals surface area contributed by atoms with Gasteiger partial charge in [0.05, 0.1) is 13.0 Å². The number of aliphatic carboxylic acids is 1. The normalized spacial score (nSPS) is 12.2. The first-order chi connectivity index (χ1) is 9.04. The Bertz CT molecular complexity index is 423. The first-order valence-corrected chi connectivity index (χ1v) is 6.30. The molecule has 0 aliphatic heterocycles. The molecule has 0 aliphatic rings. The summed E-state index contributed by atoms with van der Waals surface area (Å²) in [5, 5.41) is 11.9. The van der Waals surface area contributed by atoms with Crippen LogP contribution in [0, 0.1) is 11.7 Å². The minimum atomic E-state index is -0.779. The van der Waals surface area contributed by atoms with Crippen LogP contribution in [-0.2, 0) is 11.2 Å². The molecule has 5 heteroatoms. The van der Waals surface area contributed by atoms with Gasteiger partial charge < -0.3 is 15.2 Å². The molecular formula is C14H20FNO3. The van der Waals surface area contributed by atoms with Crippen LogP contribution >= 0.6 is 0 Å². The summed E-state index contributed by atoms with van der Waals surface area (Å²) in [4.78, 5) is 10.6. The van der Waals surface area contributed by atoms with Gasteiger partial charge in [0.25, 0.3) is 0 Å². The summed E-state index contributed by atoms with van der Waals surface area (Å²) in [6.45, 7) is 3.02. The molecule has 1 aromatic carbocycles. The highest BCUT2D eigenvalue weighted by atomic mass is 19.1. The molecule has 0 saturated carbocycles. The molecule has 1 rings (SSSR count). The average molecular weight is 269 g/mol. The molecule has 0 amide bonds. The van der Waals surface area contributed by atoms with Crippen molar-refractivity contribution in [2.24, 2.45) is 5.92 Å². The van der Waals surface area contributed by atoms with E-state index in [2.05, 4.69) is 5.32 Å². The Balaban J connectivity index is 2.26. The molecule has 1 aromatic rings. The lowest BCUT2D eigenvalue weighted by Crippen LogP contribution is -2.22. The van der Waals surface area contributed by atoms with Crippen molar-refractivity contribution in [3.63, 3.8) is 0 Å². The highest BCUT2D eigenvalue weighted by molar-refractivity contribution is 5.69. The molecule has 1 unspecified atom stereocenters. The number of methoxy groups -OCH3 is 1. The van der Waals surface area contributed by atoms with E-state index < -0.39 is 5.97 Å². The van der Waals surface area contributed by atoms with Crippen molar-refractivity contribution in [1.82, 2.24) is 5.32 Å². The fourth-order valence-corrected chi connectivity index (χ4v) is 1.67. The highest BCUT2D eigenvalue weighted by Crippen LogP contribution is 2.17. The van der Waals surface area contributed by atoms with Crippen molar-refractivity contribution >= 4 is 5.97 Å². The van der Waals surface area contributed by atoms with Gasteiger partial charge in [-0.2, -0.15) is 0 Å². The highest BCUT2D eigenvalue weighted by Gasteiger charge is 2.09. The van der Waals surface area contributed by atoms with Crippen LogP contribution < -0.4 is 10.1 Å². The van der Waals surface area contributed by atoms with Crippen LogP contribution in [0.4, 0.5) is 4.39 Å². The fraction of sp³-hybridized carbons (Fsp3) is 0.500. The third-order valence-electron chi connectivity index (χ3n) is 2.98. The van der Waals surface area contributed by atoms with Gasteiger partial charge in [-0.25, -0.2) is 4.39 Å². The summed E-state index contributed by atoms with van der Waals surface area (Å²) >= 11 is 0. The molecule has 19 heavy (non-hydrogen) atoms. The number of rotatable bonds is 8. The SMILES string of the molecule is COc1ccc(CCNCCC(C)C(=O)O)cc1F. The van der Waals surface area contributed by atoms with Crippen LogP contribution in [0.15, 0.2) is 18.2 Å². The molecule has 0 fully saturated rings. The van der Waals surface area contributed by atoms with Gasteiger partial charge in [0.15, 0.2) is 11.6 Å². The number of nitrogens with one attached hydrogen (secondary N) is 1. The van der Waals surface area contributed by atoms with Crippen LogP contribution in [-0.4, -0.2) is 31.3 Å². The Morgan fingerprint density at radius 1 is 1.47 bits per heavy atom. The van der Waals surface area contributed by atoms with Crippen molar-refractivity contribution in [2.45, 2.75) is 19.8 Å². The van der Waals surface area contributed by atoms with Gasteiger partial charge in [0.1, 0.15) is 0 Å². The predicted molar refractivity (Wildman–Crippen MR) is 70.9 cm³/mol. The number of halogens is 1. The summed E-state index contributed by atoms with van der Waals surface area (Å²) in [7, 11) is 1.43. The van der Waals surface area contributed by atoms with E-state index in [0.717, 1.165) is 5.56 Å². The van der Waals surface area contributed by atoms with Gasteiger partial charge in [-0.3, -0.25) is 4.79 Å². The monoisotopic (exact) mass is 269 g/mol. The van der Waals surface area contributed by atoms with Crippen molar-refractivity contribution in [1.29, 1.82) is 0 Å². The lowest BCUT2D eigenvalue weighted by Gasteiger charge is -2.08. The third kappa shape index (κ3) is 5.26. The van der Waals surface area contributed by atoms with Crippen LogP contribution in [0.5, 0.6) is 5.75 Å². The molecule has 0 radical (unpaired) electrons. The lowest BCUT2D eigenvalue weighted by molar-refractivity contribution is -0.141. The van der Waals surface area contributed by atoms with Crippen molar-refractivity contribution in [3.8, 4) is 5.75 Å². The number of carbonyl (C=O) groups is 1. The molecule has 2 N–H and O–H groups in total. The number of carboxylic acid groups (broad SMARTS) is 1. The van der Waals surface area contributed by atoms with E-state index in [9.17, 15) is 9.18 Å². The van der Waals surface area contributed by atoms with E-state index in [1.54, 1.807) is 13.0 Å². The van der Waals surface area contributed by atoms with Crippen molar-refractivity contribution in [3.05, 3.63) is 29.6 Å². The summed E-state index contributed by atoms with van der Waals surface area (Å²) in [5.74, 6) is -1.24. The maximum atomic E-state index is 13.4. The smallest absolute Gasteiger partial charge is 0.306 e. The molecule has 0 aromatic heterocycles.